The Hall–Kier alpha value is -0.130. The van der Waals surface area contributed by atoms with Gasteiger partial charge in [-0.15, -0.1) is 10.2 Å². The van der Waals surface area contributed by atoms with Crippen molar-refractivity contribution in [1.29, 1.82) is 0 Å². The molecule has 5 heteroatoms. The van der Waals surface area contributed by atoms with Crippen LogP contribution in [-0.2, 0) is 0 Å². The van der Waals surface area contributed by atoms with E-state index < -0.39 is 0 Å². The van der Waals surface area contributed by atoms with E-state index in [1.54, 1.807) is 23.3 Å². The maximum Gasteiger partial charge on any atom is 0.189 e. The number of aromatic nitrogens is 2. The molecule has 0 saturated carbocycles. The van der Waals surface area contributed by atoms with Gasteiger partial charge in [-0.3, -0.25) is 4.72 Å². The Morgan fingerprint density at radius 1 is 1.43 bits per heavy atom. The van der Waals surface area contributed by atoms with Crippen LogP contribution in [0.2, 0.25) is 0 Å². The molecule has 1 rings (SSSR count). The van der Waals surface area contributed by atoms with E-state index >= 15 is 0 Å². The smallest absolute Gasteiger partial charge is 0.189 e. The first-order valence-electron chi connectivity index (χ1n) is 4.98. The van der Waals surface area contributed by atoms with Gasteiger partial charge in [0.1, 0.15) is 5.01 Å². The van der Waals surface area contributed by atoms with E-state index in [-0.39, 0.29) is 0 Å². The average Bonchev–Trinajstić information content (AvgIpc) is 2.59. The van der Waals surface area contributed by atoms with Crippen LogP contribution in [0.1, 0.15) is 38.1 Å². The number of nitrogens with one attached hydrogen (secondary N) is 1. The molecule has 0 aromatic carbocycles. The summed E-state index contributed by atoms with van der Waals surface area (Å²) in [5, 5.41) is 9.05. The van der Waals surface area contributed by atoms with E-state index in [1.807, 2.05) is 6.92 Å². The Morgan fingerprint density at radius 3 is 2.71 bits per heavy atom. The van der Waals surface area contributed by atoms with E-state index in [4.69, 9.17) is 0 Å². The number of hydrogen-bond donors (Lipinski definition) is 1. The molecular formula is C9H17N3S2. The minimum atomic E-state index is 0.592. The summed E-state index contributed by atoms with van der Waals surface area (Å²) in [6.07, 6.45) is 3.61. The van der Waals surface area contributed by atoms with Crippen molar-refractivity contribution in [2.24, 2.45) is 0 Å². The normalized spacial score (nSPS) is 13.1. The molecule has 80 valence electrons. The van der Waals surface area contributed by atoms with Gasteiger partial charge in [-0.2, -0.15) is 0 Å². The third-order valence-corrected chi connectivity index (χ3v) is 3.79. The first-order chi connectivity index (χ1) is 6.76. The van der Waals surface area contributed by atoms with Crippen LogP contribution in [-0.4, -0.2) is 16.2 Å². The van der Waals surface area contributed by atoms with Crippen LogP contribution in [0.25, 0.3) is 0 Å². The summed E-state index contributed by atoms with van der Waals surface area (Å²) in [5.74, 6) is 0. The Kier molecular flexibility index (Phi) is 5.44. The zero-order valence-electron chi connectivity index (χ0n) is 8.91. The Labute approximate surface area is 93.8 Å². The molecule has 1 aromatic rings. The zero-order valence-corrected chi connectivity index (χ0v) is 10.5. The second kappa shape index (κ2) is 6.37. The van der Waals surface area contributed by atoms with Crippen molar-refractivity contribution in [1.82, 2.24) is 14.9 Å². The largest absolute Gasteiger partial charge is 0.255 e. The van der Waals surface area contributed by atoms with Gasteiger partial charge in [0.15, 0.2) is 4.34 Å². The van der Waals surface area contributed by atoms with Crippen molar-refractivity contribution in [3.8, 4) is 0 Å². The molecule has 1 atom stereocenters. The predicted octanol–water partition coefficient (Wildman–Crippen LogP) is 3.02. The van der Waals surface area contributed by atoms with Gasteiger partial charge in [0.25, 0.3) is 0 Å². The molecule has 0 aliphatic heterocycles. The summed E-state index contributed by atoms with van der Waals surface area (Å²) in [6, 6.07) is 0.592. The summed E-state index contributed by atoms with van der Waals surface area (Å²) in [7, 11) is 0. The topological polar surface area (TPSA) is 37.8 Å². The first-order valence-corrected chi connectivity index (χ1v) is 6.62. The van der Waals surface area contributed by atoms with Crippen LogP contribution >= 0.6 is 23.3 Å². The van der Waals surface area contributed by atoms with E-state index in [0.717, 1.165) is 9.35 Å². The van der Waals surface area contributed by atoms with Crippen molar-refractivity contribution in [3.63, 3.8) is 0 Å². The second-order valence-electron chi connectivity index (χ2n) is 3.20. The summed E-state index contributed by atoms with van der Waals surface area (Å²) >= 11 is 3.25. The second-order valence-corrected chi connectivity index (χ2v) is 5.47. The first kappa shape index (κ1) is 11.9. The van der Waals surface area contributed by atoms with E-state index in [0.29, 0.717) is 6.04 Å². The Bertz CT molecular complexity index is 262. The third kappa shape index (κ3) is 3.94. The number of hydrogen-bond acceptors (Lipinski definition) is 5. The minimum absolute atomic E-state index is 0.592. The maximum absolute atomic E-state index is 4.05. The van der Waals surface area contributed by atoms with Gasteiger partial charge in [-0.25, -0.2) is 0 Å². The summed E-state index contributed by atoms with van der Waals surface area (Å²) in [4.78, 5) is 0. The van der Waals surface area contributed by atoms with Crippen molar-refractivity contribution in [2.45, 2.75) is 50.4 Å². The van der Waals surface area contributed by atoms with E-state index in [1.165, 1.54) is 19.3 Å². The van der Waals surface area contributed by atoms with Gasteiger partial charge in [0.05, 0.1) is 0 Å². The van der Waals surface area contributed by atoms with Gasteiger partial charge < -0.3 is 0 Å². The highest BCUT2D eigenvalue weighted by Crippen LogP contribution is 2.20. The standard InChI is InChI=1S/C9H17N3S2/c1-4-6-8(5-2)12-14-9-11-10-7(3)13-9/h8,12H,4-6H2,1-3H3. The van der Waals surface area contributed by atoms with Crippen LogP contribution in [0.5, 0.6) is 0 Å². The summed E-state index contributed by atoms with van der Waals surface area (Å²) < 4.78 is 4.44. The lowest BCUT2D eigenvalue weighted by atomic mass is 10.1. The molecule has 0 aliphatic rings. The number of aryl methyl sites for hydroxylation is 1. The molecule has 0 bridgehead atoms. The minimum Gasteiger partial charge on any atom is -0.255 e. The highest BCUT2D eigenvalue weighted by atomic mass is 32.2. The molecule has 1 heterocycles. The van der Waals surface area contributed by atoms with Crippen LogP contribution in [0.15, 0.2) is 4.34 Å². The third-order valence-electron chi connectivity index (χ3n) is 1.95. The lowest BCUT2D eigenvalue weighted by Gasteiger charge is -2.13. The molecular weight excluding hydrogens is 214 g/mol. The van der Waals surface area contributed by atoms with Gasteiger partial charge in [-0.05, 0) is 31.7 Å². The molecule has 14 heavy (non-hydrogen) atoms. The van der Waals surface area contributed by atoms with Crippen LogP contribution in [0.4, 0.5) is 0 Å². The molecule has 0 saturated heterocycles. The quantitative estimate of drug-likeness (QED) is 0.764. The molecule has 1 N–H and O–H groups in total. The fourth-order valence-electron chi connectivity index (χ4n) is 1.15. The molecule has 1 aromatic heterocycles. The Balaban J connectivity index is 2.31. The van der Waals surface area contributed by atoms with Crippen LogP contribution in [0, 0.1) is 6.92 Å². The lowest BCUT2D eigenvalue weighted by molar-refractivity contribution is 0.554. The summed E-state index contributed by atoms with van der Waals surface area (Å²) in [6.45, 7) is 6.40. The van der Waals surface area contributed by atoms with Crippen molar-refractivity contribution >= 4 is 23.3 Å². The number of rotatable bonds is 6. The van der Waals surface area contributed by atoms with E-state index in [2.05, 4.69) is 28.8 Å². The van der Waals surface area contributed by atoms with Crippen molar-refractivity contribution in [2.75, 3.05) is 0 Å². The molecule has 1 unspecified atom stereocenters. The molecule has 0 fully saturated rings. The van der Waals surface area contributed by atoms with Gasteiger partial charge >= 0.3 is 0 Å². The lowest BCUT2D eigenvalue weighted by Crippen LogP contribution is -2.21. The molecule has 0 aliphatic carbocycles. The zero-order chi connectivity index (χ0) is 10.4. The van der Waals surface area contributed by atoms with Crippen LogP contribution < -0.4 is 4.72 Å². The van der Waals surface area contributed by atoms with Gasteiger partial charge in [-0.1, -0.05) is 31.6 Å². The van der Waals surface area contributed by atoms with Gasteiger partial charge in [0.2, 0.25) is 0 Å². The molecule has 0 radical (unpaired) electrons. The maximum atomic E-state index is 4.05. The fourth-order valence-corrected chi connectivity index (χ4v) is 2.87. The fraction of sp³-hybridized carbons (Fsp3) is 0.778. The number of nitrogens with zero attached hydrogens (tertiary/aromatic N) is 2. The van der Waals surface area contributed by atoms with E-state index in [9.17, 15) is 0 Å². The van der Waals surface area contributed by atoms with Crippen molar-refractivity contribution < 1.29 is 0 Å². The summed E-state index contributed by atoms with van der Waals surface area (Å²) in [5.41, 5.74) is 0. The average molecular weight is 231 g/mol. The van der Waals surface area contributed by atoms with Crippen molar-refractivity contribution in [3.05, 3.63) is 5.01 Å². The Morgan fingerprint density at radius 2 is 2.21 bits per heavy atom. The SMILES string of the molecule is CCCC(CC)NSc1nnc(C)s1. The monoisotopic (exact) mass is 231 g/mol. The predicted molar refractivity (Wildman–Crippen MR) is 62.6 cm³/mol. The highest BCUT2D eigenvalue weighted by molar-refractivity contribution is 7.99. The van der Waals surface area contributed by atoms with Crippen LogP contribution in [0.3, 0.4) is 0 Å². The highest BCUT2D eigenvalue weighted by Gasteiger charge is 2.06. The van der Waals surface area contributed by atoms with Gasteiger partial charge in [0, 0.05) is 6.04 Å². The molecule has 0 amide bonds. The molecule has 0 spiro atoms. The molecule has 3 nitrogen and oxygen atoms in total.